The Balaban J connectivity index is 1.92. The Morgan fingerprint density at radius 3 is 2.79 bits per heavy atom. The van der Waals surface area contributed by atoms with E-state index < -0.39 is 0 Å². The summed E-state index contributed by atoms with van der Waals surface area (Å²) in [7, 11) is 4.02. The summed E-state index contributed by atoms with van der Waals surface area (Å²) >= 11 is 0. The van der Waals surface area contributed by atoms with Gasteiger partial charge in [-0.3, -0.25) is 4.79 Å². The fourth-order valence-corrected chi connectivity index (χ4v) is 2.58. The van der Waals surface area contributed by atoms with Crippen molar-refractivity contribution in [1.82, 2.24) is 15.5 Å². The molecule has 0 saturated heterocycles. The Hall–Kier alpha value is -1.39. The fraction of sp³-hybridized carbons (Fsp3) is 0.533. The average molecular weight is 261 g/mol. The van der Waals surface area contributed by atoms with Crippen molar-refractivity contribution in [2.75, 3.05) is 20.6 Å². The number of likely N-dealkylation sites (N-methyl/N-ethyl adjacent to an activating group) is 1. The predicted molar refractivity (Wildman–Crippen MR) is 76.9 cm³/mol. The van der Waals surface area contributed by atoms with Gasteiger partial charge in [0.1, 0.15) is 0 Å². The lowest BCUT2D eigenvalue weighted by atomic mass is 9.95. The van der Waals surface area contributed by atoms with Gasteiger partial charge in [0.05, 0.1) is 6.04 Å². The molecule has 1 aliphatic heterocycles. The molecule has 1 heterocycles. The molecule has 1 aliphatic rings. The Morgan fingerprint density at radius 2 is 2.11 bits per heavy atom. The van der Waals surface area contributed by atoms with Crippen LogP contribution in [0.25, 0.3) is 0 Å². The standard InChI is InChI=1S/C15H23N3O/c1-11(10-18(2)3)17-15(19)14-8-12-6-4-5-7-13(12)9-16-14/h4-7,11,14,16H,8-10H2,1-3H3,(H,17,19)/t11?,14-/m0/s1. The van der Waals surface area contributed by atoms with Gasteiger partial charge in [0.15, 0.2) is 0 Å². The van der Waals surface area contributed by atoms with Gasteiger partial charge in [-0.15, -0.1) is 0 Å². The van der Waals surface area contributed by atoms with E-state index in [0.717, 1.165) is 19.5 Å². The van der Waals surface area contributed by atoms with Crippen molar-refractivity contribution in [3.8, 4) is 0 Å². The second kappa shape index (κ2) is 6.17. The third-order valence-electron chi connectivity index (χ3n) is 3.43. The first-order chi connectivity index (χ1) is 9.06. The zero-order chi connectivity index (χ0) is 13.8. The first-order valence-electron chi connectivity index (χ1n) is 6.81. The summed E-state index contributed by atoms with van der Waals surface area (Å²) < 4.78 is 0. The minimum Gasteiger partial charge on any atom is -0.351 e. The second-order valence-electron chi connectivity index (χ2n) is 5.58. The van der Waals surface area contributed by atoms with Crippen LogP contribution in [0.3, 0.4) is 0 Å². The lowest BCUT2D eigenvalue weighted by molar-refractivity contribution is -0.124. The van der Waals surface area contributed by atoms with Gasteiger partial charge < -0.3 is 15.5 Å². The molecule has 0 aromatic heterocycles. The van der Waals surface area contributed by atoms with Gasteiger partial charge in [0.25, 0.3) is 0 Å². The van der Waals surface area contributed by atoms with E-state index in [0.29, 0.717) is 0 Å². The maximum absolute atomic E-state index is 12.2. The van der Waals surface area contributed by atoms with E-state index in [1.807, 2.05) is 33.2 Å². The van der Waals surface area contributed by atoms with Crippen LogP contribution in [0.2, 0.25) is 0 Å². The number of nitrogens with zero attached hydrogens (tertiary/aromatic N) is 1. The van der Waals surface area contributed by atoms with Crippen molar-refractivity contribution >= 4 is 5.91 Å². The predicted octanol–water partition coefficient (Wildman–Crippen LogP) is 0.767. The molecular formula is C15H23N3O. The van der Waals surface area contributed by atoms with Crippen molar-refractivity contribution < 1.29 is 4.79 Å². The largest absolute Gasteiger partial charge is 0.351 e. The van der Waals surface area contributed by atoms with Crippen LogP contribution in [0.5, 0.6) is 0 Å². The highest BCUT2D eigenvalue weighted by Gasteiger charge is 2.24. The Labute approximate surface area is 115 Å². The Bertz CT molecular complexity index is 445. The maximum atomic E-state index is 12.2. The molecule has 0 bridgehead atoms. The molecule has 1 amide bonds. The summed E-state index contributed by atoms with van der Waals surface area (Å²) in [4.78, 5) is 14.3. The zero-order valence-electron chi connectivity index (χ0n) is 11.9. The van der Waals surface area contributed by atoms with E-state index in [1.54, 1.807) is 0 Å². The molecule has 1 unspecified atom stereocenters. The molecule has 0 saturated carbocycles. The molecule has 4 heteroatoms. The summed E-state index contributed by atoms with van der Waals surface area (Å²) in [5.74, 6) is 0.101. The number of nitrogens with one attached hydrogen (secondary N) is 2. The van der Waals surface area contributed by atoms with E-state index in [4.69, 9.17) is 0 Å². The average Bonchev–Trinajstić information content (AvgIpc) is 2.37. The van der Waals surface area contributed by atoms with Crippen LogP contribution in [0.1, 0.15) is 18.1 Å². The maximum Gasteiger partial charge on any atom is 0.237 e. The van der Waals surface area contributed by atoms with E-state index in [-0.39, 0.29) is 18.0 Å². The normalized spacial score (nSPS) is 19.9. The minimum atomic E-state index is -0.112. The van der Waals surface area contributed by atoms with Crippen molar-refractivity contribution in [2.24, 2.45) is 0 Å². The van der Waals surface area contributed by atoms with E-state index in [9.17, 15) is 4.79 Å². The number of carbonyl (C=O) groups is 1. The van der Waals surface area contributed by atoms with Gasteiger partial charge in [0, 0.05) is 19.1 Å². The highest BCUT2D eigenvalue weighted by atomic mass is 16.2. The molecule has 0 aliphatic carbocycles. The van der Waals surface area contributed by atoms with Gasteiger partial charge in [-0.1, -0.05) is 24.3 Å². The van der Waals surface area contributed by atoms with Crippen molar-refractivity contribution in [2.45, 2.75) is 32.0 Å². The zero-order valence-corrected chi connectivity index (χ0v) is 11.9. The van der Waals surface area contributed by atoms with Crippen LogP contribution >= 0.6 is 0 Å². The summed E-state index contributed by atoms with van der Waals surface area (Å²) in [6, 6.07) is 8.36. The number of benzene rings is 1. The van der Waals surface area contributed by atoms with Gasteiger partial charge >= 0.3 is 0 Å². The van der Waals surface area contributed by atoms with Crippen LogP contribution in [-0.4, -0.2) is 43.5 Å². The lowest BCUT2D eigenvalue weighted by Crippen LogP contribution is -2.51. The lowest BCUT2D eigenvalue weighted by Gasteiger charge is -2.27. The van der Waals surface area contributed by atoms with Gasteiger partial charge in [-0.05, 0) is 38.6 Å². The van der Waals surface area contributed by atoms with E-state index >= 15 is 0 Å². The molecule has 1 aromatic rings. The van der Waals surface area contributed by atoms with Gasteiger partial charge in [-0.25, -0.2) is 0 Å². The Morgan fingerprint density at radius 1 is 1.42 bits per heavy atom. The number of rotatable bonds is 4. The second-order valence-corrected chi connectivity index (χ2v) is 5.58. The molecule has 19 heavy (non-hydrogen) atoms. The third-order valence-corrected chi connectivity index (χ3v) is 3.43. The third kappa shape index (κ3) is 3.78. The van der Waals surface area contributed by atoms with Gasteiger partial charge in [-0.2, -0.15) is 0 Å². The Kier molecular flexibility index (Phi) is 4.56. The molecule has 0 radical (unpaired) electrons. The highest BCUT2D eigenvalue weighted by molar-refractivity contribution is 5.82. The van der Waals surface area contributed by atoms with Crippen LogP contribution in [0, 0.1) is 0 Å². The van der Waals surface area contributed by atoms with Crippen molar-refractivity contribution in [1.29, 1.82) is 0 Å². The SMILES string of the molecule is CC(CN(C)C)NC(=O)[C@@H]1Cc2ccccc2CN1. The first kappa shape index (κ1) is 14.0. The minimum absolute atomic E-state index is 0.101. The summed E-state index contributed by atoms with van der Waals surface area (Å²) in [5.41, 5.74) is 2.58. The molecule has 4 nitrogen and oxygen atoms in total. The number of hydrogen-bond donors (Lipinski definition) is 2. The molecule has 0 fully saturated rings. The monoisotopic (exact) mass is 261 g/mol. The smallest absolute Gasteiger partial charge is 0.237 e. The highest BCUT2D eigenvalue weighted by Crippen LogP contribution is 2.16. The number of amides is 1. The quantitative estimate of drug-likeness (QED) is 0.841. The number of carbonyl (C=O) groups excluding carboxylic acids is 1. The number of hydrogen-bond acceptors (Lipinski definition) is 3. The first-order valence-corrected chi connectivity index (χ1v) is 6.81. The van der Waals surface area contributed by atoms with Crippen LogP contribution in [0.4, 0.5) is 0 Å². The van der Waals surface area contributed by atoms with E-state index in [1.165, 1.54) is 11.1 Å². The van der Waals surface area contributed by atoms with Crippen LogP contribution in [-0.2, 0) is 17.8 Å². The molecule has 0 spiro atoms. The summed E-state index contributed by atoms with van der Waals surface area (Å²) in [5, 5.41) is 6.38. The molecule has 2 rings (SSSR count). The van der Waals surface area contributed by atoms with E-state index in [2.05, 4.69) is 27.7 Å². The topological polar surface area (TPSA) is 44.4 Å². The van der Waals surface area contributed by atoms with Gasteiger partial charge in [0.2, 0.25) is 5.91 Å². The molecule has 2 atom stereocenters. The molecule has 1 aromatic carbocycles. The molecular weight excluding hydrogens is 238 g/mol. The summed E-state index contributed by atoms with van der Waals surface area (Å²) in [6.07, 6.45) is 0.774. The molecule has 104 valence electrons. The fourth-order valence-electron chi connectivity index (χ4n) is 2.58. The number of fused-ring (bicyclic) bond motifs is 1. The van der Waals surface area contributed by atoms with Crippen LogP contribution < -0.4 is 10.6 Å². The van der Waals surface area contributed by atoms with Crippen molar-refractivity contribution in [3.05, 3.63) is 35.4 Å². The summed E-state index contributed by atoms with van der Waals surface area (Å²) in [6.45, 7) is 3.67. The molecule has 2 N–H and O–H groups in total. The van der Waals surface area contributed by atoms with Crippen LogP contribution in [0.15, 0.2) is 24.3 Å². The van der Waals surface area contributed by atoms with Crippen molar-refractivity contribution in [3.63, 3.8) is 0 Å².